The van der Waals surface area contributed by atoms with Gasteiger partial charge in [0, 0.05) is 19.7 Å². The Kier molecular flexibility index (Phi) is 3.35. The minimum Gasteiger partial charge on any atom is -0.423 e. The molecule has 3 rings (SSSR count). The molecular formula is C13H15FN4O2. The Bertz CT molecular complexity index is 604. The number of morpholine rings is 1. The van der Waals surface area contributed by atoms with Crippen molar-refractivity contribution >= 4 is 5.82 Å². The van der Waals surface area contributed by atoms with Crippen molar-refractivity contribution < 1.29 is 13.5 Å². The van der Waals surface area contributed by atoms with Gasteiger partial charge in [-0.3, -0.25) is 0 Å². The number of nitrogens with zero attached hydrogens (tertiary/aromatic N) is 4. The number of ether oxygens (including phenoxy) is 1. The molecule has 1 fully saturated rings. The predicted molar refractivity (Wildman–Crippen MR) is 68.7 cm³/mol. The highest BCUT2D eigenvalue weighted by Crippen LogP contribution is 2.28. The SMILES string of the molecule is Cc1nnc([C@H]2CN(c3ncccc3F)C[C@@H](C)O2)o1. The van der Waals surface area contributed by atoms with E-state index in [2.05, 4.69) is 15.2 Å². The zero-order chi connectivity index (χ0) is 14.1. The zero-order valence-electron chi connectivity index (χ0n) is 11.3. The Hall–Kier alpha value is -2.02. The van der Waals surface area contributed by atoms with Crippen LogP contribution in [0.4, 0.5) is 10.2 Å². The lowest BCUT2D eigenvalue weighted by Gasteiger charge is -2.36. The summed E-state index contributed by atoms with van der Waals surface area (Å²) in [5.41, 5.74) is 0. The largest absolute Gasteiger partial charge is 0.423 e. The van der Waals surface area contributed by atoms with Crippen molar-refractivity contribution in [1.29, 1.82) is 0 Å². The van der Waals surface area contributed by atoms with Gasteiger partial charge in [-0.1, -0.05) is 0 Å². The molecule has 2 aromatic heterocycles. The summed E-state index contributed by atoms with van der Waals surface area (Å²) in [4.78, 5) is 5.94. The molecule has 20 heavy (non-hydrogen) atoms. The van der Waals surface area contributed by atoms with Crippen molar-refractivity contribution in [2.45, 2.75) is 26.1 Å². The first-order chi connectivity index (χ1) is 9.63. The van der Waals surface area contributed by atoms with Crippen LogP contribution >= 0.6 is 0 Å². The van der Waals surface area contributed by atoms with Crippen LogP contribution < -0.4 is 4.90 Å². The molecule has 2 aromatic rings. The zero-order valence-corrected chi connectivity index (χ0v) is 11.3. The monoisotopic (exact) mass is 278 g/mol. The van der Waals surface area contributed by atoms with Crippen LogP contribution in [0.25, 0.3) is 0 Å². The van der Waals surface area contributed by atoms with E-state index in [9.17, 15) is 4.39 Å². The molecule has 2 atom stereocenters. The first-order valence-electron chi connectivity index (χ1n) is 6.44. The van der Waals surface area contributed by atoms with E-state index in [-0.39, 0.29) is 18.0 Å². The molecule has 0 amide bonds. The summed E-state index contributed by atoms with van der Waals surface area (Å²) in [6, 6.07) is 2.97. The summed E-state index contributed by atoms with van der Waals surface area (Å²) in [7, 11) is 0. The summed E-state index contributed by atoms with van der Waals surface area (Å²) in [6.07, 6.45) is 1.12. The average Bonchev–Trinajstić information content (AvgIpc) is 2.85. The van der Waals surface area contributed by atoms with Crippen molar-refractivity contribution in [2.75, 3.05) is 18.0 Å². The molecule has 1 aliphatic rings. The number of hydrogen-bond donors (Lipinski definition) is 0. The number of rotatable bonds is 2. The van der Waals surface area contributed by atoms with Gasteiger partial charge in [0.05, 0.1) is 12.6 Å². The molecule has 0 unspecified atom stereocenters. The fraction of sp³-hybridized carbons (Fsp3) is 0.462. The van der Waals surface area contributed by atoms with E-state index in [1.807, 2.05) is 11.8 Å². The van der Waals surface area contributed by atoms with E-state index in [1.165, 1.54) is 6.07 Å². The summed E-state index contributed by atoms with van der Waals surface area (Å²) in [6.45, 7) is 4.64. The van der Waals surface area contributed by atoms with Gasteiger partial charge in [-0.15, -0.1) is 10.2 Å². The number of halogens is 1. The van der Waals surface area contributed by atoms with E-state index >= 15 is 0 Å². The first-order valence-corrected chi connectivity index (χ1v) is 6.44. The third-order valence-electron chi connectivity index (χ3n) is 3.12. The lowest BCUT2D eigenvalue weighted by Crippen LogP contribution is -2.43. The smallest absolute Gasteiger partial charge is 0.247 e. The fourth-order valence-electron chi connectivity index (χ4n) is 2.31. The predicted octanol–water partition coefficient (Wildman–Crippen LogP) is 1.88. The highest BCUT2D eigenvalue weighted by Gasteiger charge is 2.31. The molecule has 0 radical (unpaired) electrons. The molecule has 0 aliphatic carbocycles. The molecule has 6 nitrogen and oxygen atoms in total. The molecule has 0 N–H and O–H groups in total. The molecule has 0 spiro atoms. The number of anilines is 1. The van der Waals surface area contributed by atoms with Crippen LogP contribution in [-0.2, 0) is 4.74 Å². The van der Waals surface area contributed by atoms with Crippen molar-refractivity contribution in [3.8, 4) is 0 Å². The topological polar surface area (TPSA) is 64.3 Å². The van der Waals surface area contributed by atoms with Crippen LogP contribution in [-0.4, -0.2) is 34.4 Å². The first kappa shape index (κ1) is 13.0. The van der Waals surface area contributed by atoms with E-state index in [0.29, 0.717) is 30.7 Å². The van der Waals surface area contributed by atoms with Gasteiger partial charge < -0.3 is 14.1 Å². The van der Waals surface area contributed by atoms with Crippen LogP contribution in [0.1, 0.15) is 24.8 Å². The van der Waals surface area contributed by atoms with Gasteiger partial charge >= 0.3 is 0 Å². The molecule has 106 valence electrons. The van der Waals surface area contributed by atoms with E-state index < -0.39 is 0 Å². The summed E-state index contributed by atoms with van der Waals surface area (Å²) in [5.74, 6) is 0.874. The quantitative estimate of drug-likeness (QED) is 0.835. The summed E-state index contributed by atoms with van der Waals surface area (Å²) in [5, 5.41) is 7.77. The van der Waals surface area contributed by atoms with Crippen LogP contribution in [0.3, 0.4) is 0 Å². The second-order valence-corrected chi connectivity index (χ2v) is 4.81. The number of hydrogen-bond acceptors (Lipinski definition) is 6. The maximum Gasteiger partial charge on any atom is 0.247 e. The standard InChI is InChI=1S/C13H15FN4O2/c1-8-6-18(12-10(14)4-3-5-15-12)7-11(19-8)13-17-16-9(2)20-13/h3-5,8,11H,6-7H2,1-2H3/t8-,11-/m1/s1. The normalized spacial score (nSPS) is 23.1. The third kappa shape index (κ3) is 2.49. The Labute approximate surface area is 115 Å². The molecule has 1 aliphatic heterocycles. The minimum atomic E-state index is -0.374. The lowest BCUT2D eigenvalue weighted by molar-refractivity contribution is -0.0315. The van der Waals surface area contributed by atoms with Crippen molar-refractivity contribution in [3.63, 3.8) is 0 Å². The molecular weight excluding hydrogens is 263 g/mol. The van der Waals surface area contributed by atoms with Crippen molar-refractivity contribution in [1.82, 2.24) is 15.2 Å². The second kappa shape index (κ2) is 5.16. The summed E-state index contributed by atoms with van der Waals surface area (Å²) < 4.78 is 25.0. The number of aryl methyl sites for hydroxylation is 1. The molecule has 3 heterocycles. The molecule has 1 saturated heterocycles. The summed E-state index contributed by atoms with van der Waals surface area (Å²) >= 11 is 0. The number of pyridine rings is 1. The molecule has 0 saturated carbocycles. The maximum absolute atomic E-state index is 13.8. The average molecular weight is 278 g/mol. The maximum atomic E-state index is 13.8. The van der Waals surface area contributed by atoms with Gasteiger partial charge in [0.25, 0.3) is 0 Å². The van der Waals surface area contributed by atoms with Crippen LogP contribution in [0, 0.1) is 12.7 Å². The lowest BCUT2D eigenvalue weighted by atomic mass is 10.2. The van der Waals surface area contributed by atoms with Crippen LogP contribution in [0.15, 0.2) is 22.7 Å². The van der Waals surface area contributed by atoms with Crippen LogP contribution in [0.5, 0.6) is 0 Å². The number of aromatic nitrogens is 3. The highest BCUT2D eigenvalue weighted by atomic mass is 19.1. The van der Waals surface area contributed by atoms with Gasteiger partial charge in [-0.2, -0.15) is 0 Å². The molecule has 0 aromatic carbocycles. The Morgan fingerprint density at radius 2 is 2.20 bits per heavy atom. The highest BCUT2D eigenvalue weighted by molar-refractivity contribution is 5.40. The second-order valence-electron chi connectivity index (χ2n) is 4.81. The van der Waals surface area contributed by atoms with Gasteiger partial charge in [0.15, 0.2) is 17.7 Å². The minimum absolute atomic E-state index is 0.0811. The Morgan fingerprint density at radius 1 is 1.35 bits per heavy atom. The van der Waals surface area contributed by atoms with E-state index in [4.69, 9.17) is 9.15 Å². The Balaban J connectivity index is 1.85. The van der Waals surface area contributed by atoms with E-state index in [1.54, 1.807) is 19.2 Å². The van der Waals surface area contributed by atoms with Crippen molar-refractivity contribution in [2.24, 2.45) is 0 Å². The van der Waals surface area contributed by atoms with Gasteiger partial charge in [-0.25, -0.2) is 9.37 Å². The fourth-order valence-corrected chi connectivity index (χ4v) is 2.31. The van der Waals surface area contributed by atoms with E-state index in [0.717, 1.165) is 0 Å². The van der Waals surface area contributed by atoms with Gasteiger partial charge in [-0.05, 0) is 19.1 Å². The molecule has 7 heteroatoms. The van der Waals surface area contributed by atoms with Gasteiger partial charge in [0.1, 0.15) is 0 Å². The molecule has 0 bridgehead atoms. The van der Waals surface area contributed by atoms with Crippen LogP contribution in [0.2, 0.25) is 0 Å². The van der Waals surface area contributed by atoms with Crippen molar-refractivity contribution in [3.05, 3.63) is 35.9 Å². The third-order valence-corrected chi connectivity index (χ3v) is 3.12. The Morgan fingerprint density at radius 3 is 2.90 bits per heavy atom. The van der Waals surface area contributed by atoms with Gasteiger partial charge in [0.2, 0.25) is 11.8 Å².